The smallest absolute Gasteiger partial charge is 0.162 e. The van der Waals surface area contributed by atoms with Gasteiger partial charge < -0.3 is 4.90 Å². The zero-order chi connectivity index (χ0) is 14.8. The molecule has 0 atom stereocenters. The predicted octanol–water partition coefficient (Wildman–Crippen LogP) is 4.50. The summed E-state index contributed by atoms with van der Waals surface area (Å²) < 4.78 is 0. The molecule has 0 aromatic heterocycles. The Morgan fingerprint density at radius 3 is 2.67 bits per heavy atom. The Bertz CT molecular complexity index is 663. The molecule has 0 amide bonds. The van der Waals surface area contributed by atoms with Crippen molar-refractivity contribution >= 4 is 23.1 Å². The third-order valence-corrected chi connectivity index (χ3v) is 4.24. The summed E-state index contributed by atoms with van der Waals surface area (Å²) >= 11 is 6.04. The molecule has 1 heterocycles. The molecule has 1 aliphatic rings. The Labute approximate surface area is 130 Å². The third-order valence-electron chi connectivity index (χ3n) is 4.00. The van der Waals surface area contributed by atoms with E-state index in [-0.39, 0.29) is 5.78 Å². The SMILES string of the molecule is CCC(=O)c1ccc(CN2CCc3cc(Cl)ccc32)cc1. The van der Waals surface area contributed by atoms with Gasteiger partial charge in [0.1, 0.15) is 0 Å². The van der Waals surface area contributed by atoms with E-state index in [1.807, 2.05) is 25.1 Å². The lowest BCUT2D eigenvalue weighted by molar-refractivity contribution is 0.0988. The van der Waals surface area contributed by atoms with Gasteiger partial charge in [0.25, 0.3) is 0 Å². The summed E-state index contributed by atoms with van der Waals surface area (Å²) in [6.07, 6.45) is 1.60. The molecule has 3 rings (SSSR count). The second kappa shape index (κ2) is 5.90. The van der Waals surface area contributed by atoms with Crippen LogP contribution in [0.15, 0.2) is 42.5 Å². The number of carbonyl (C=O) groups is 1. The molecular weight excluding hydrogens is 282 g/mol. The summed E-state index contributed by atoms with van der Waals surface area (Å²) in [6, 6.07) is 14.1. The van der Waals surface area contributed by atoms with Crippen LogP contribution in [0.1, 0.15) is 34.8 Å². The van der Waals surface area contributed by atoms with Crippen molar-refractivity contribution in [2.45, 2.75) is 26.3 Å². The minimum Gasteiger partial charge on any atom is -0.367 e. The Kier molecular flexibility index (Phi) is 3.98. The molecular formula is C18H18ClNO. The second-order valence-electron chi connectivity index (χ2n) is 5.42. The van der Waals surface area contributed by atoms with Crippen LogP contribution >= 0.6 is 11.6 Å². The van der Waals surface area contributed by atoms with Crippen molar-refractivity contribution in [2.75, 3.05) is 11.4 Å². The lowest BCUT2D eigenvalue weighted by Crippen LogP contribution is -2.19. The van der Waals surface area contributed by atoms with Gasteiger partial charge in [0.05, 0.1) is 0 Å². The minimum atomic E-state index is 0.197. The van der Waals surface area contributed by atoms with Crippen molar-refractivity contribution in [3.05, 3.63) is 64.2 Å². The minimum absolute atomic E-state index is 0.197. The summed E-state index contributed by atoms with van der Waals surface area (Å²) in [5, 5.41) is 0.804. The first-order valence-electron chi connectivity index (χ1n) is 7.33. The zero-order valence-corrected chi connectivity index (χ0v) is 12.9. The molecule has 0 aliphatic carbocycles. The first-order chi connectivity index (χ1) is 10.2. The van der Waals surface area contributed by atoms with Crippen LogP contribution in [0.5, 0.6) is 0 Å². The van der Waals surface area contributed by atoms with Crippen LogP contribution in [-0.4, -0.2) is 12.3 Å². The normalized spacial score (nSPS) is 13.3. The monoisotopic (exact) mass is 299 g/mol. The van der Waals surface area contributed by atoms with Gasteiger partial charge in [-0.15, -0.1) is 0 Å². The Morgan fingerprint density at radius 1 is 1.19 bits per heavy atom. The number of hydrogen-bond donors (Lipinski definition) is 0. The molecule has 0 bridgehead atoms. The fraction of sp³-hybridized carbons (Fsp3) is 0.278. The maximum Gasteiger partial charge on any atom is 0.162 e. The topological polar surface area (TPSA) is 20.3 Å². The summed E-state index contributed by atoms with van der Waals surface area (Å²) in [7, 11) is 0. The van der Waals surface area contributed by atoms with Gasteiger partial charge >= 0.3 is 0 Å². The van der Waals surface area contributed by atoms with E-state index in [1.54, 1.807) is 0 Å². The quantitative estimate of drug-likeness (QED) is 0.775. The highest BCUT2D eigenvalue weighted by molar-refractivity contribution is 6.30. The molecule has 21 heavy (non-hydrogen) atoms. The van der Waals surface area contributed by atoms with Gasteiger partial charge in [0, 0.05) is 35.8 Å². The molecule has 0 radical (unpaired) electrons. The molecule has 2 aromatic rings. The third kappa shape index (κ3) is 2.96. The van der Waals surface area contributed by atoms with Crippen LogP contribution in [-0.2, 0) is 13.0 Å². The first kappa shape index (κ1) is 14.2. The number of benzene rings is 2. The number of nitrogens with zero attached hydrogens (tertiary/aromatic N) is 1. The second-order valence-corrected chi connectivity index (χ2v) is 5.85. The molecule has 108 valence electrons. The number of fused-ring (bicyclic) bond motifs is 1. The van der Waals surface area contributed by atoms with Gasteiger partial charge in [-0.05, 0) is 35.7 Å². The van der Waals surface area contributed by atoms with Crippen molar-refractivity contribution in [2.24, 2.45) is 0 Å². The van der Waals surface area contributed by atoms with E-state index in [2.05, 4.69) is 29.2 Å². The maximum atomic E-state index is 11.6. The summed E-state index contributed by atoms with van der Waals surface area (Å²) in [4.78, 5) is 14.0. The summed E-state index contributed by atoms with van der Waals surface area (Å²) in [6.45, 7) is 3.78. The molecule has 0 N–H and O–H groups in total. The van der Waals surface area contributed by atoms with E-state index in [0.717, 1.165) is 30.1 Å². The van der Waals surface area contributed by atoms with Crippen LogP contribution < -0.4 is 4.90 Å². The van der Waals surface area contributed by atoms with Crippen LogP contribution in [0, 0.1) is 0 Å². The van der Waals surface area contributed by atoms with Gasteiger partial charge in [-0.2, -0.15) is 0 Å². The largest absolute Gasteiger partial charge is 0.367 e. The Morgan fingerprint density at radius 2 is 1.95 bits per heavy atom. The molecule has 0 saturated carbocycles. The number of carbonyl (C=O) groups excluding carboxylic acids is 1. The molecule has 3 heteroatoms. The lowest BCUT2D eigenvalue weighted by atomic mass is 10.1. The van der Waals surface area contributed by atoms with Crippen LogP contribution in [0.3, 0.4) is 0 Å². The van der Waals surface area contributed by atoms with Gasteiger partial charge in [-0.25, -0.2) is 0 Å². The fourth-order valence-electron chi connectivity index (χ4n) is 2.82. The van der Waals surface area contributed by atoms with Crippen molar-refractivity contribution in [3.63, 3.8) is 0 Å². The van der Waals surface area contributed by atoms with Gasteiger partial charge in [-0.3, -0.25) is 4.79 Å². The number of anilines is 1. The van der Waals surface area contributed by atoms with E-state index in [0.29, 0.717) is 6.42 Å². The Hall–Kier alpha value is -1.80. The fourth-order valence-corrected chi connectivity index (χ4v) is 3.02. The number of hydrogen-bond acceptors (Lipinski definition) is 2. The maximum absolute atomic E-state index is 11.6. The average Bonchev–Trinajstić information content (AvgIpc) is 2.89. The number of Topliss-reactive ketones (excluding diaryl/α,β-unsaturated/α-hetero) is 1. The average molecular weight is 300 g/mol. The van der Waals surface area contributed by atoms with E-state index in [4.69, 9.17) is 11.6 Å². The lowest BCUT2D eigenvalue weighted by Gasteiger charge is -2.19. The van der Waals surface area contributed by atoms with Gasteiger partial charge in [0.2, 0.25) is 0 Å². The standard InChI is InChI=1S/C18H18ClNO/c1-2-18(21)14-5-3-13(4-6-14)12-20-10-9-15-11-16(19)7-8-17(15)20/h3-8,11H,2,9-10,12H2,1H3. The highest BCUT2D eigenvalue weighted by atomic mass is 35.5. The number of ketones is 1. The van der Waals surface area contributed by atoms with Gasteiger partial charge in [-0.1, -0.05) is 42.8 Å². The van der Waals surface area contributed by atoms with Crippen molar-refractivity contribution in [3.8, 4) is 0 Å². The van der Waals surface area contributed by atoms with Crippen molar-refractivity contribution in [1.29, 1.82) is 0 Å². The van der Waals surface area contributed by atoms with Gasteiger partial charge in [0.15, 0.2) is 5.78 Å². The van der Waals surface area contributed by atoms with Crippen LogP contribution in [0.2, 0.25) is 5.02 Å². The molecule has 0 spiro atoms. The summed E-state index contributed by atoms with van der Waals surface area (Å²) in [5.41, 5.74) is 4.62. The highest BCUT2D eigenvalue weighted by Gasteiger charge is 2.19. The molecule has 2 nitrogen and oxygen atoms in total. The molecule has 1 aliphatic heterocycles. The molecule has 0 fully saturated rings. The van der Waals surface area contributed by atoms with Crippen molar-refractivity contribution in [1.82, 2.24) is 0 Å². The number of halogens is 1. The van der Waals surface area contributed by atoms with E-state index >= 15 is 0 Å². The van der Waals surface area contributed by atoms with E-state index < -0.39 is 0 Å². The first-order valence-corrected chi connectivity index (χ1v) is 7.70. The predicted molar refractivity (Wildman–Crippen MR) is 87.3 cm³/mol. The van der Waals surface area contributed by atoms with Crippen molar-refractivity contribution < 1.29 is 4.79 Å². The molecule has 2 aromatic carbocycles. The van der Waals surface area contributed by atoms with E-state index in [1.165, 1.54) is 16.8 Å². The Balaban J connectivity index is 1.75. The molecule has 0 saturated heterocycles. The van der Waals surface area contributed by atoms with Crippen LogP contribution in [0.25, 0.3) is 0 Å². The highest BCUT2D eigenvalue weighted by Crippen LogP contribution is 2.31. The summed E-state index contributed by atoms with van der Waals surface area (Å²) in [5.74, 6) is 0.197. The van der Waals surface area contributed by atoms with E-state index in [9.17, 15) is 4.79 Å². The van der Waals surface area contributed by atoms with Crippen LogP contribution in [0.4, 0.5) is 5.69 Å². The zero-order valence-electron chi connectivity index (χ0n) is 12.1. The molecule has 0 unspecified atom stereocenters. The number of rotatable bonds is 4.